The summed E-state index contributed by atoms with van der Waals surface area (Å²) in [5, 5.41) is 1.09. The Hall–Kier alpha value is -2.22. The van der Waals surface area contributed by atoms with Crippen LogP contribution in [0.25, 0.3) is 6.08 Å². The monoisotopic (exact) mass is 383 g/mol. The van der Waals surface area contributed by atoms with Gasteiger partial charge in [0.05, 0.1) is 5.02 Å². The van der Waals surface area contributed by atoms with Crippen molar-refractivity contribution >= 4 is 33.7 Å². The van der Waals surface area contributed by atoms with Gasteiger partial charge in [0.15, 0.2) is 0 Å². The third-order valence-corrected chi connectivity index (χ3v) is 4.45. The number of carbonyl (C=O) groups is 1. The zero-order valence-electron chi connectivity index (χ0n) is 13.0. The van der Waals surface area contributed by atoms with Crippen LogP contribution in [0.15, 0.2) is 53.9 Å². The van der Waals surface area contributed by atoms with Crippen LogP contribution in [0.1, 0.15) is 11.1 Å². The SMILES string of the molecule is O=C(CNS(=O)(=O)/C=C/c1ccccc1)OCc1ccc(F)cc1Cl. The first-order valence-electron chi connectivity index (χ1n) is 7.18. The quantitative estimate of drug-likeness (QED) is 0.745. The lowest BCUT2D eigenvalue weighted by Gasteiger charge is -2.07. The van der Waals surface area contributed by atoms with Crippen molar-refractivity contribution in [1.29, 1.82) is 0 Å². The molecule has 1 N–H and O–H groups in total. The van der Waals surface area contributed by atoms with Crippen LogP contribution < -0.4 is 4.72 Å². The van der Waals surface area contributed by atoms with Crippen LogP contribution in [0.3, 0.4) is 0 Å². The molecule has 0 spiro atoms. The molecule has 0 aliphatic rings. The van der Waals surface area contributed by atoms with E-state index >= 15 is 0 Å². The van der Waals surface area contributed by atoms with Gasteiger partial charge < -0.3 is 4.74 Å². The van der Waals surface area contributed by atoms with Gasteiger partial charge in [-0.05, 0) is 23.8 Å². The highest BCUT2D eigenvalue weighted by Crippen LogP contribution is 2.18. The van der Waals surface area contributed by atoms with E-state index in [-0.39, 0.29) is 11.6 Å². The van der Waals surface area contributed by atoms with Crippen molar-refractivity contribution in [3.8, 4) is 0 Å². The molecule has 0 heterocycles. The summed E-state index contributed by atoms with van der Waals surface area (Å²) in [5.74, 6) is -1.28. The Bertz CT molecular complexity index is 869. The van der Waals surface area contributed by atoms with E-state index in [0.717, 1.165) is 11.5 Å². The molecule has 5 nitrogen and oxygen atoms in total. The number of hydrogen-bond acceptors (Lipinski definition) is 4. The molecule has 132 valence electrons. The second kappa shape index (κ2) is 8.75. The molecular formula is C17H15ClFNO4S. The van der Waals surface area contributed by atoms with Crippen LogP contribution in [-0.2, 0) is 26.2 Å². The third kappa shape index (κ3) is 6.66. The molecule has 0 aliphatic carbocycles. The fraction of sp³-hybridized carbons (Fsp3) is 0.118. The Kier molecular flexibility index (Phi) is 6.69. The number of carbonyl (C=O) groups excluding carboxylic acids is 1. The zero-order chi connectivity index (χ0) is 18.3. The summed E-state index contributed by atoms with van der Waals surface area (Å²) in [6.07, 6.45) is 1.41. The Labute approximate surface area is 150 Å². The van der Waals surface area contributed by atoms with Gasteiger partial charge in [-0.3, -0.25) is 4.79 Å². The molecule has 2 aromatic rings. The van der Waals surface area contributed by atoms with Crippen molar-refractivity contribution in [1.82, 2.24) is 4.72 Å². The van der Waals surface area contributed by atoms with Gasteiger partial charge in [-0.15, -0.1) is 0 Å². The van der Waals surface area contributed by atoms with Crippen LogP contribution in [0, 0.1) is 5.82 Å². The fourth-order valence-corrected chi connectivity index (χ4v) is 2.76. The lowest BCUT2D eigenvalue weighted by atomic mass is 10.2. The molecule has 25 heavy (non-hydrogen) atoms. The van der Waals surface area contributed by atoms with E-state index in [4.69, 9.17) is 16.3 Å². The lowest BCUT2D eigenvalue weighted by molar-refractivity contribution is -0.143. The van der Waals surface area contributed by atoms with Gasteiger partial charge >= 0.3 is 5.97 Å². The fourth-order valence-electron chi connectivity index (χ4n) is 1.79. The van der Waals surface area contributed by atoms with Crippen molar-refractivity contribution in [2.45, 2.75) is 6.61 Å². The van der Waals surface area contributed by atoms with Crippen LogP contribution in [-0.4, -0.2) is 20.9 Å². The number of nitrogens with one attached hydrogen (secondary N) is 1. The molecule has 0 aliphatic heterocycles. The number of esters is 1. The predicted molar refractivity (Wildman–Crippen MR) is 93.6 cm³/mol. The highest BCUT2D eigenvalue weighted by atomic mass is 35.5. The molecule has 0 aromatic heterocycles. The average molecular weight is 384 g/mol. The summed E-state index contributed by atoms with van der Waals surface area (Å²) in [6.45, 7) is -0.709. The summed E-state index contributed by atoms with van der Waals surface area (Å²) in [6, 6.07) is 12.5. The van der Waals surface area contributed by atoms with Crippen molar-refractivity contribution < 1.29 is 22.3 Å². The average Bonchev–Trinajstić information content (AvgIpc) is 2.59. The minimum absolute atomic E-state index is 0.124. The van der Waals surface area contributed by atoms with Crippen LogP contribution in [0.4, 0.5) is 4.39 Å². The Balaban J connectivity index is 1.83. The minimum atomic E-state index is -3.78. The molecular weight excluding hydrogens is 369 g/mol. The van der Waals surface area contributed by atoms with Crippen LogP contribution >= 0.6 is 11.6 Å². The Morgan fingerprint density at radius 3 is 2.60 bits per heavy atom. The van der Waals surface area contributed by atoms with E-state index < -0.39 is 28.4 Å². The number of rotatable bonds is 7. The minimum Gasteiger partial charge on any atom is -0.460 e. The molecule has 0 unspecified atom stereocenters. The van der Waals surface area contributed by atoms with Crippen LogP contribution in [0.2, 0.25) is 5.02 Å². The van der Waals surface area contributed by atoms with Crippen molar-refractivity contribution in [2.24, 2.45) is 0 Å². The van der Waals surface area contributed by atoms with Crippen molar-refractivity contribution in [3.05, 3.63) is 75.9 Å². The molecule has 0 atom stereocenters. The highest BCUT2D eigenvalue weighted by Gasteiger charge is 2.11. The smallest absolute Gasteiger partial charge is 0.321 e. The van der Waals surface area contributed by atoms with Gasteiger partial charge in [-0.1, -0.05) is 48.0 Å². The molecule has 2 rings (SSSR count). The maximum atomic E-state index is 12.9. The van der Waals surface area contributed by atoms with Gasteiger partial charge in [-0.2, -0.15) is 0 Å². The molecule has 0 fully saturated rings. The van der Waals surface area contributed by atoms with Gasteiger partial charge in [-0.25, -0.2) is 17.5 Å². The van der Waals surface area contributed by atoms with Gasteiger partial charge in [0, 0.05) is 11.0 Å². The van der Waals surface area contributed by atoms with E-state index in [0.29, 0.717) is 11.1 Å². The first-order valence-corrected chi connectivity index (χ1v) is 9.10. The zero-order valence-corrected chi connectivity index (χ0v) is 14.6. The first-order chi connectivity index (χ1) is 11.9. The summed E-state index contributed by atoms with van der Waals surface area (Å²) in [4.78, 5) is 11.6. The molecule has 8 heteroatoms. The van der Waals surface area contributed by atoms with E-state index in [1.54, 1.807) is 24.3 Å². The number of ether oxygens (including phenoxy) is 1. The number of hydrogen-bond donors (Lipinski definition) is 1. The van der Waals surface area contributed by atoms with Gasteiger partial charge in [0.25, 0.3) is 0 Å². The van der Waals surface area contributed by atoms with Crippen molar-refractivity contribution in [2.75, 3.05) is 6.54 Å². The molecule has 0 saturated heterocycles. The van der Waals surface area contributed by atoms with Crippen LogP contribution in [0.5, 0.6) is 0 Å². The molecule has 0 saturated carbocycles. The number of sulfonamides is 1. The van der Waals surface area contributed by atoms with E-state index in [2.05, 4.69) is 4.72 Å². The van der Waals surface area contributed by atoms with E-state index in [1.165, 1.54) is 18.2 Å². The Morgan fingerprint density at radius 1 is 1.20 bits per heavy atom. The molecule has 2 aromatic carbocycles. The van der Waals surface area contributed by atoms with Gasteiger partial charge in [0.1, 0.15) is 19.0 Å². The topological polar surface area (TPSA) is 72.5 Å². The number of halogens is 2. The maximum Gasteiger partial charge on any atom is 0.321 e. The predicted octanol–water partition coefficient (Wildman–Crippen LogP) is 3.11. The molecule has 0 amide bonds. The maximum absolute atomic E-state index is 12.9. The lowest BCUT2D eigenvalue weighted by Crippen LogP contribution is -2.29. The summed E-state index contributed by atoms with van der Waals surface area (Å²) >= 11 is 5.81. The largest absolute Gasteiger partial charge is 0.460 e. The summed E-state index contributed by atoms with van der Waals surface area (Å²) < 4.78 is 43.5. The second-order valence-electron chi connectivity index (χ2n) is 4.98. The third-order valence-electron chi connectivity index (χ3n) is 3.06. The second-order valence-corrected chi connectivity index (χ2v) is 7.03. The number of benzene rings is 2. The van der Waals surface area contributed by atoms with Gasteiger partial charge in [0.2, 0.25) is 10.0 Å². The van der Waals surface area contributed by atoms with E-state index in [1.807, 2.05) is 6.07 Å². The van der Waals surface area contributed by atoms with E-state index in [9.17, 15) is 17.6 Å². The standard InChI is InChI=1S/C17H15ClFNO4S/c18-16-10-15(19)7-6-14(16)12-24-17(21)11-20-25(22,23)9-8-13-4-2-1-3-5-13/h1-10,20H,11-12H2/b9-8+. The first kappa shape index (κ1) is 19.1. The highest BCUT2D eigenvalue weighted by molar-refractivity contribution is 7.92. The Morgan fingerprint density at radius 2 is 1.92 bits per heavy atom. The van der Waals surface area contributed by atoms with Crippen molar-refractivity contribution in [3.63, 3.8) is 0 Å². The molecule has 0 radical (unpaired) electrons. The normalized spacial score (nSPS) is 11.6. The summed E-state index contributed by atoms with van der Waals surface area (Å²) in [7, 11) is -3.78. The molecule has 0 bridgehead atoms. The summed E-state index contributed by atoms with van der Waals surface area (Å²) in [5.41, 5.74) is 1.13.